The quantitative estimate of drug-likeness (QED) is 0.647. The van der Waals surface area contributed by atoms with E-state index in [1.807, 2.05) is 24.3 Å². The molecule has 146 valence electrons. The average molecular weight is 377 g/mol. The minimum absolute atomic E-state index is 0.136. The number of benzene rings is 3. The monoisotopic (exact) mass is 377 g/mol. The molecule has 4 nitrogen and oxygen atoms in total. The lowest BCUT2D eigenvalue weighted by molar-refractivity contribution is 0.176. The van der Waals surface area contributed by atoms with Crippen LogP contribution < -0.4 is 4.74 Å². The van der Waals surface area contributed by atoms with Gasteiger partial charge in [0.15, 0.2) is 0 Å². The van der Waals surface area contributed by atoms with Gasteiger partial charge in [-0.05, 0) is 80.1 Å². The third-order valence-corrected chi connectivity index (χ3v) is 6.35. The first kappa shape index (κ1) is 18.6. The molecule has 0 fully saturated rings. The Bertz CT molecular complexity index is 1070. The van der Waals surface area contributed by atoms with Crippen molar-refractivity contribution in [3.05, 3.63) is 53.1 Å². The van der Waals surface area contributed by atoms with Crippen molar-refractivity contribution in [3.63, 3.8) is 0 Å². The molecule has 1 aliphatic rings. The van der Waals surface area contributed by atoms with Gasteiger partial charge in [0.1, 0.15) is 17.2 Å². The molecule has 2 N–H and O–H groups in total. The van der Waals surface area contributed by atoms with Crippen LogP contribution >= 0.6 is 0 Å². The second kappa shape index (κ2) is 6.71. The number of phenolic OH excluding ortho intramolecular Hbond substituents is 2. The molecule has 0 saturated heterocycles. The first-order valence-corrected chi connectivity index (χ1v) is 9.71. The molecule has 2 atom stereocenters. The van der Waals surface area contributed by atoms with Crippen LogP contribution in [0.4, 0.5) is 0 Å². The minimum Gasteiger partial charge on any atom is -0.508 e. The summed E-state index contributed by atoms with van der Waals surface area (Å²) in [6.45, 7) is 6.43. The molecule has 28 heavy (non-hydrogen) atoms. The van der Waals surface area contributed by atoms with Crippen molar-refractivity contribution < 1.29 is 14.9 Å². The smallest absolute Gasteiger partial charge is 0.130 e. The van der Waals surface area contributed by atoms with Crippen molar-refractivity contribution in [2.24, 2.45) is 0 Å². The van der Waals surface area contributed by atoms with Gasteiger partial charge in [0, 0.05) is 17.6 Å². The maximum atomic E-state index is 10.6. The summed E-state index contributed by atoms with van der Waals surface area (Å²) in [5, 5.41) is 22.8. The number of aromatic hydroxyl groups is 2. The van der Waals surface area contributed by atoms with Gasteiger partial charge in [-0.25, -0.2) is 0 Å². The summed E-state index contributed by atoms with van der Waals surface area (Å²) < 4.78 is 5.55. The lowest BCUT2D eigenvalue weighted by Gasteiger charge is -2.39. The SMILES string of the molecule is COc1cc(C)c(-c2ccc(O)c3c2C[C@@H](C)N(C)[C@@H]3C)c2cccc(O)c12. The van der Waals surface area contributed by atoms with E-state index in [1.165, 1.54) is 5.56 Å². The van der Waals surface area contributed by atoms with Crippen LogP contribution in [-0.2, 0) is 6.42 Å². The molecule has 0 radical (unpaired) electrons. The van der Waals surface area contributed by atoms with E-state index in [4.69, 9.17) is 4.74 Å². The number of aryl methyl sites for hydroxylation is 1. The molecule has 1 aliphatic heterocycles. The van der Waals surface area contributed by atoms with Crippen LogP contribution in [0.25, 0.3) is 21.9 Å². The van der Waals surface area contributed by atoms with E-state index >= 15 is 0 Å². The highest BCUT2D eigenvalue weighted by Gasteiger charge is 2.31. The maximum Gasteiger partial charge on any atom is 0.130 e. The highest BCUT2D eigenvalue weighted by molar-refractivity contribution is 6.05. The van der Waals surface area contributed by atoms with Crippen LogP contribution in [0.3, 0.4) is 0 Å². The van der Waals surface area contributed by atoms with Crippen LogP contribution in [0.2, 0.25) is 0 Å². The first-order valence-electron chi connectivity index (χ1n) is 9.71. The summed E-state index contributed by atoms with van der Waals surface area (Å²) in [5.41, 5.74) is 5.49. The van der Waals surface area contributed by atoms with Crippen molar-refractivity contribution in [2.75, 3.05) is 14.2 Å². The zero-order valence-electron chi connectivity index (χ0n) is 17.1. The summed E-state index contributed by atoms with van der Waals surface area (Å²) in [6, 6.07) is 11.9. The van der Waals surface area contributed by atoms with Crippen molar-refractivity contribution in [2.45, 2.75) is 39.3 Å². The molecule has 4 rings (SSSR count). The third kappa shape index (κ3) is 2.63. The van der Waals surface area contributed by atoms with Gasteiger partial charge in [-0.15, -0.1) is 0 Å². The number of fused-ring (bicyclic) bond motifs is 2. The number of hydrogen-bond acceptors (Lipinski definition) is 4. The lowest BCUT2D eigenvalue weighted by Crippen LogP contribution is -2.38. The fourth-order valence-corrected chi connectivity index (χ4v) is 4.68. The average Bonchev–Trinajstić information content (AvgIpc) is 2.66. The Kier molecular flexibility index (Phi) is 4.47. The molecule has 0 bridgehead atoms. The molecular formula is C24H27NO3. The summed E-state index contributed by atoms with van der Waals surface area (Å²) >= 11 is 0. The number of methoxy groups -OCH3 is 1. The van der Waals surface area contributed by atoms with Gasteiger partial charge in [0.2, 0.25) is 0 Å². The predicted molar refractivity (Wildman–Crippen MR) is 113 cm³/mol. The Balaban J connectivity index is 2.09. The normalized spacial score (nSPS) is 19.6. The van der Waals surface area contributed by atoms with Crippen LogP contribution in [0.5, 0.6) is 17.2 Å². The minimum atomic E-state index is 0.136. The first-order chi connectivity index (χ1) is 13.3. The summed E-state index contributed by atoms with van der Waals surface area (Å²) in [5.74, 6) is 1.23. The number of likely N-dealkylation sites (N-methyl/N-ethyl adjacent to an activating group) is 1. The van der Waals surface area contributed by atoms with Crippen molar-refractivity contribution in [1.82, 2.24) is 4.90 Å². The largest absolute Gasteiger partial charge is 0.508 e. The van der Waals surface area contributed by atoms with E-state index in [1.54, 1.807) is 19.2 Å². The summed E-state index contributed by atoms with van der Waals surface area (Å²) in [6.07, 6.45) is 0.867. The molecule has 0 saturated carbocycles. The van der Waals surface area contributed by atoms with Gasteiger partial charge in [0.25, 0.3) is 0 Å². The van der Waals surface area contributed by atoms with Gasteiger partial charge >= 0.3 is 0 Å². The highest BCUT2D eigenvalue weighted by atomic mass is 16.5. The Labute approximate surface area is 166 Å². The van der Waals surface area contributed by atoms with Gasteiger partial charge in [0.05, 0.1) is 12.5 Å². The maximum absolute atomic E-state index is 10.6. The van der Waals surface area contributed by atoms with E-state index in [0.717, 1.165) is 39.4 Å². The lowest BCUT2D eigenvalue weighted by atomic mass is 9.81. The van der Waals surface area contributed by atoms with Crippen LogP contribution in [0.15, 0.2) is 36.4 Å². The van der Waals surface area contributed by atoms with Crippen LogP contribution in [0, 0.1) is 6.92 Å². The predicted octanol–water partition coefficient (Wildman–Crippen LogP) is 5.17. The number of phenols is 2. The van der Waals surface area contributed by atoms with Gasteiger partial charge < -0.3 is 14.9 Å². The summed E-state index contributed by atoms with van der Waals surface area (Å²) in [7, 11) is 3.73. The Hall–Kier alpha value is -2.72. The second-order valence-corrected chi connectivity index (χ2v) is 7.89. The Morgan fingerprint density at radius 3 is 2.54 bits per heavy atom. The van der Waals surface area contributed by atoms with E-state index in [2.05, 4.69) is 32.7 Å². The van der Waals surface area contributed by atoms with E-state index < -0.39 is 0 Å². The number of nitrogens with zero attached hydrogens (tertiary/aromatic N) is 1. The molecule has 0 amide bonds. The Morgan fingerprint density at radius 2 is 1.82 bits per heavy atom. The fraction of sp³-hybridized carbons (Fsp3) is 0.333. The van der Waals surface area contributed by atoms with Gasteiger partial charge in [-0.3, -0.25) is 4.90 Å². The second-order valence-electron chi connectivity index (χ2n) is 7.89. The molecule has 3 aromatic rings. The number of hydrogen-bond donors (Lipinski definition) is 2. The van der Waals surface area contributed by atoms with E-state index in [9.17, 15) is 10.2 Å². The number of ether oxygens (including phenoxy) is 1. The van der Waals surface area contributed by atoms with Gasteiger partial charge in [-0.2, -0.15) is 0 Å². The van der Waals surface area contributed by atoms with E-state index in [-0.39, 0.29) is 11.8 Å². The topological polar surface area (TPSA) is 52.9 Å². The molecule has 0 unspecified atom stereocenters. The standard InChI is InChI=1S/C24H27NO3/c1-13-11-21(28-5)24-17(7-6-8-19(24)26)22(13)16-9-10-20(27)23-15(3)25(4)14(2)12-18(16)23/h6-11,14-15,26-27H,12H2,1-5H3/t14-,15-/m1/s1. The number of rotatable bonds is 2. The van der Waals surface area contributed by atoms with Crippen molar-refractivity contribution >= 4 is 10.8 Å². The zero-order valence-corrected chi connectivity index (χ0v) is 17.1. The molecule has 3 aromatic carbocycles. The van der Waals surface area contributed by atoms with Crippen LogP contribution in [0.1, 0.15) is 36.6 Å². The van der Waals surface area contributed by atoms with Gasteiger partial charge in [-0.1, -0.05) is 18.2 Å². The highest BCUT2D eigenvalue weighted by Crippen LogP contribution is 2.47. The third-order valence-electron chi connectivity index (χ3n) is 6.35. The molecule has 0 aromatic heterocycles. The van der Waals surface area contributed by atoms with Crippen LogP contribution in [-0.4, -0.2) is 35.3 Å². The fourth-order valence-electron chi connectivity index (χ4n) is 4.68. The zero-order chi connectivity index (χ0) is 20.2. The van der Waals surface area contributed by atoms with Crippen molar-refractivity contribution in [1.29, 1.82) is 0 Å². The van der Waals surface area contributed by atoms with E-state index in [0.29, 0.717) is 17.5 Å². The van der Waals surface area contributed by atoms with Crippen molar-refractivity contribution in [3.8, 4) is 28.4 Å². The molecule has 4 heteroatoms. The molecule has 1 heterocycles. The summed E-state index contributed by atoms with van der Waals surface area (Å²) in [4.78, 5) is 2.30. The molecule has 0 aliphatic carbocycles. The Morgan fingerprint density at radius 1 is 1.07 bits per heavy atom. The molecule has 0 spiro atoms. The molecular weight excluding hydrogens is 350 g/mol.